The molecular formula is C12H13BrFNO2S. The summed E-state index contributed by atoms with van der Waals surface area (Å²) in [6.07, 6.45) is 0.673. The number of benzene rings is 1. The maximum absolute atomic E-state index is 13.3. The van der Waals surface area contributed by atoms with Gasteiger partial charge < -0.3 is 10.4 Å². The van der Waals surface area contributed by atoms with Crippen LogP contribution in [0, 0.1) is 5.82 Å². The van der Waals surface area contributed by atoms with Gasteiger partial charge in [-0.2, -0.15) is 11.8 Å². The third kappa shape index (κ3) is 3.24. The highest BCUT2D eigenvalue weighted by atomic mass is 79.9. The molecule has 1 aliphatic rings. The van der Waals surface area contributed by atoms with Crippen LogP contribution in [-0.2, 0) is 0 Å². The lowest BCUT2D eigenvalue weighted by Crippen LogP contribution is -2.42. The van der Waals surface area contributed by atoms with Gasteiger partial charge >= 0.3 is 0 Å². The Morgan fingerprint density at radius 3 is 3.00 bits per heavy atom. The lowest BCUT2D eigenvalue weighted by Gasteiger charge is -2.21. The Balaban J connectivity index is 1.97. The molecule has 2 rings (SSSR count). The molecule has 6 heteroatoms. The molecule has 0 radical (unpaired) electrons. The summed E-state index contributed by atoms with van der Waals surface area (Å²) in [6, 6.07) is 4.20. The molecule has 1 aromatic rings. The number of halogens is 2. The van der Waals surface area contributed by atoms with Crippen molar-refractivity contribution in [3.05, 3.63) is 34.1 Å². The Morgan fingerprint density at radius 1 is 1.61 bits per heavy atom. The third-order valence-corrected chi connectivity index (χ3v) is 4.72. The molecule has 0 bridgehead atoms. The maximum Gasteiger partial charge on any atom is 0.251 e. The number of hydrogen-bond donors (Lipinski definition) is 2. The molecule has 0 spiro atoms. The lowest BCUT2D eigenvalue weighted by atomic mass is 10.0. The zero-order chi connectivity index (χ0) is 13.2. The fraction of sp³-hybridized carbons (Fsp3) is 0.417. The molecule has 1 atom stereocenters. The van der Waals surface area contributed by atoms with Crippen molar-refractivity contribution >= 4 is 33.6 Å². The van der Waals surface area contributed by atoms with Crippen molar-refractivity contribution in [2.24, 2.45) is 0 Å². The molecule has 1 saturated heterocycles. The molecule has 1 unspecified atom stereocenters. The summed E-state index contributed by atoms with van der Waals surface area (Å²) in [4.78, 5) is 11.8. The Labute approximate surface area is 117 Å². The standard InChI is InChI=1S/C12H13BrFNO2S/c13-9-2-1-8(5-10(9)14)11(16)15-6-12(17)3-4-18-7-12/h1-2,5,17H,3-4,6-7H2,(H,15,16). The molecule has 3 nitrogen and oxygen atoms in total. The van der Waals surface area contributed by atoms with E-state index in [9.17, 15) is 14.3 Å². The minimum absolute atomic E-state index is 0.205. The van der Waals surface area contributed by atoms with Crippen molar-refractivity contribution in [2.75, 3.05) is 18.1 Å². The van der Waals surface area contributed by atoms with Crippen LogP contribution in [0.1, 0.15) is 16.8 Å². The highest BCUT2D eigenvalue weighted by Crippen LogP contribution is 2.27. The van der Waals surface area contributed by atoms with E-state index in [2.05, 4.69) is 21.2 Å². The summed E-state index contributed by atoms with van der Waals surface area (Å²) in [5.74, 6) is 0.686. The molecule has 1 heterocycles. The average Bonchev–Trinajstić information content (AvgIpc) is 2.77. The van der Waals surface area contributed by atoms with Crippen LogP contribution in [-0.4, -0.2) is 34.7 Å². The summed E-state index contributed by atoms with van der Waals surface area (Å²) >= 11 is 4.70. The van der Waals surface area contributed by atoms with Crippen molar-refractivity contribution in [3.63, 3.8) is 0 Å². The van der Waals surface area contributed by atoms with E-state index < -0.39 is 11.4 Å². The molecule has 1 aliphatic heterocycles. The zero-order valence-corrected chi connectivity index (χ0v) is 12.0. The summed E-state index contributed by atoms with van der Waals surface area (Å²) in [6.45, 7) is 0.205. The summed E-state index contributed by atoms with van der Waals surface area (Å²) in [7, 11) is 0. The van der Waals surface area contributed by atoms with E-state index in [0.717, 1.165) is 5.75 Å². The summed E-state index contributed by atoms with van der Waals surface area (Å²) in [5.41, 5.74) is -0.571. The molecule has 0 aromatic heterocycles. The second-order valence-electron chi connectivity index (χ2n) is 4.34. The molecule has 18 heavy (non-hydrogen) atoms. The van der Waals surface area contributed by atoms with Gasteiger partial charge in [-0.05, 0) is 46.3 Å². The first-order chi connectivity index (χ1) is 8.50. The van der Waals surface area contributed by atoms with Gasteiger partial charge in [0, 0.05) is 17.9 Å². The van der Waals surface area contributed by atoms with Gasteiger partial charge in [0.05, 0.1) is 10.1 Å². The molecule has 1 fully saturated rings. The predicted molar refractivity (Wildman–Crippen MR) is 73.3 cm³/mol. The van der Waals surface area contributed by atoms with Crippen LogP contribution in [0.2, 0.25) is 0 Å². The van der Waals surface area contributed by atoms with Crippen molar-refractivity contribution in [1.82, 2.24) is 5.32 Å². The van der Waals surface area contributed by atoms with Crippen molar-refractivity contribution in [1.29, 1.82) is 0 Å². The van der Waals surface area contributed by atoms with Crippen LogP contribution in [0.4, 0.5) is 4.39 Å². The minimum Gasteiger partial charge on any atom is -0.387 e. The van der Waals surface area contributed by atoms with Crippen LogP contribution >= 0.6 is 27.7 Å². The fourth-order valence-electron chi connectivity index (χ4n) is 1.72. The summed E-state index contributed by atoms with van der Waals surface area (Å²) < 4.78 is 13.6. The minimum atomic E-state index is -0.825. The number of thioether (sulfide) groups is 1. The van der Waals surface area contributed by atoms with E-state index in [4.69, 9.17) is 0 Å². The zero-order valence-electron chi connectivity index (χ0n) is 9.58. The first-order valence-electron chi connectivity index (χ1n) is 5.54. The van der Waals surface area contributed by atoms with Crippen LogP contribution in [0.5, 0.6) is 0 Å². The van der Waals surface area contributed by atoms with E-state index in [1.54, 1.807) is 11.8 Å². The van der Waals surface area contributed by atoms with Crippen molar-refractivity contribution < 1.29 is 14.3 Å². The first kappa shape index (κ1) is 13.8. The quantitative estimate of drug-likeness (QED) is 0.891. The Bertz CT molecular complexity index is 463. The number of aliphatic hydroxyl groups is 1. The van der Waals surface area contributed by atoms with Gasteiger partial charge in [-0.3, -0.25) is 4.79 Å². The number of nitrogens with one attached hydrogen (secondary N) is 1. The Kier molecular flexibility index (Phi) is 4.29. The topological polar surface area (TPSA) is 49.3 Å². The monoisotopic (exact) mass is 333 g/mol. The second-order valence-corrected chi connectivity index (χ2v) is 6.30. The van der Waals surface area contributed by atoms with Crippen LogP contribution < -0.4 is 5.32 Å². The van der Waals surface area contributed by atoms with Crippen LogP contribution in [0.3, 0.4) is 0 Å². The second kappa shape index (κ2) is 5.59. The van der Waals surface area contributed by atoms with Gasteiger partial charge in [0.1, 0.15) is 5.82 Å². The molecule has 98 valence electrons. The van der Waals surface area contributed by atoms with Crippen molar-refractivity contribution in [3.8, 4) is 0 Å². The number of hydrogen-bond acceptors (Lipinski definition) is 3. The van der Waals surface area contributed by atoms with E-state index in [-0.39, 0.29) is 18.0 Å². The van der Waals surface area contributed by atoms with Gasteiger partial charge in [-0.1, -0.05) is 0 Å². The SMILES string of the molecule is O=C(NCC1(O)CCSC1)c1ccc(Br)c(F)c1. The van der Waals surface area contributed by atoms with E-state index in [1.165, 1.54) is 18.2 Å². The van der Waals surface area contributed by atoms with E-state index >= 15 is 0 Å². The maximum atomic E-state index is 13.3. The molecule has 1 amide bonds. The van der Waals surface area contributed by atoms with Gasteiger partial charge in [0.25, 0.3) is 5.91 Å². The predicted octanol–water partition coefficient (Wildman–Crippen LogP) is 2.19. The van der Waals surface area contributed by atoms with E-state index in [0.29, 0.717) is 16.6 Å². The van der Waals surface area contributed by atoms with Gasteiger partial charge in [0.2, 0.25) is 0 Å². The summed E-state index contributed by atoms with van der Waals surface area (Å²) in [5, 5.41) is 12.7. The lowest BCUT2D eigenvalue weighted by molar-refractivity contribution is 0.0612. The number of rotatable bonds is 3. The molecular weight excluding hydrogens is 321 g/mol. The molecule has 0 saturated carbocycles. The highest BCUT2D eigenvalue weighted by Gasteiger charge is 2.32. The first-order valence-corrected chi connectivity index (χ1v) is 7.48. The van der Waals surface area contributed by atoms with Crippen LogP contribution in [0.15, 0.2) is 22.7 Å². The van der Waals surface area contributed by atoms with Crippen LogP contribution in [0.25, 0.3) is 0 Å². The normalized spacial score (nSPS) is 23.1. The largest absolute Gasteiger partial charge is 0.387 e. The van der Waals surface area contributed by atoms with Gasteiger partial charge in [-0.15, -0.1) is 0 Å². The number of carbonyl (C=O) groups excluding carboxylic acids is 1. The molecule has 1 aromatic carbocycles. The smallest absolute Gasteiger partial charge is 0.251 e. The molecule has 0 aliphatic carbocycles. The Morgan fingerprint density at radius 2 is 2.39 bits per heavy atom. The average molecular weight is 334 g/mol. The van der Waals surface area contributed by atoms with Gasteiger partial charge in [-0.25, -0.2) is 4.39 Å². The van der Waals surface area contributed by atoms with Gasteiger partial charge in [0.15, 0.2) is 0 Å². The third-order valence-electron chi connectivity index (χ3n) is 2.84. The highest BCUT2D eigenvalue weighted by molar-refractivity contribution is 9.10. The number of amides is 1. The van der Waals surface area contributed by atoms with E-state index in [1.807, 2.05) is 0 Å². The molecule has 2 N–H and O–H groups in total. The fourth-order valence-corrected chi connectivity index (χ4v) is 3.26. The van der Waals surface area contributed by atoms with Crippen molar-refractivity contribution in [2.45, 2.75) is 12.0 Å². The number of carbonyl (C=O) groups is 1. The Hall–Kier alpha value is -0.590.